The molecule has 33 heavy (non-hydrogen) atoms. The van der Waals surface area contributed by atoms with Gasteiger partial charge in [-0.25, -0.2) is 0 Å². The molecule has 5 rings (SSSR count). The third-order valence-electron chi connectivity index (χ3n) is 10.3. The Balaban J connectivity index is 1.28. The number of nitrogens with zero attached hydrogens (tertiary/aromatic N) is 2. The van der Waals surface area contributed by atoms with Crippen LogP contribution in [-0.4, -0.2) is 34.8 Å². The van der Waals surface area contributed by atoms with Gasteiger partial charge >= 0.3 is 0 Å². The fraction of sp³-hybridized carbons (Fsp3) is 0.679. The second-order valence-electron chi connectivity index (χ2n) is 11.7. The molecule has 0 spiro atoms. The van der Waals surface area contributed by atoms with Crippen LogP contribution < -0.4 is 5.32 Å². The van der Waals surface area contributed by atoms with Gasteiger partial charge < -0.3 is 10.2 Å². The monoisotopic (exact) mass is 449 g/mol. The summed E-state index contributed by atoms with van der Waals surface area (Å²) in [5, 5.41) is 3.20. The minimum Gasteiger partial charge on any atom is -0.348 e. The predicted molar refractivity (Wildman–Crippen MR) is 129 cm³/mol. The summed E-state index contributed by atoms with van der Waals surface area (Å²) in [6.45, 7) is 6.89. The topological polar surface area (TPSA) is 62.3 Å². The maximum Gasteiger partial charge on any atom is 0.246 e. The van der Waals surface area contributed by atoms with Crippen molar-refractivity contribution in [2.75, 3.05) is 7.05 Å². The quantitative estimate of drug-likeness (QED) is 0.711. The maximum atomic E-state index is 13.0. The van der Waals surface area contributed by atoms with Crippen molar-refractivity contribution in [3.05, 3.63) is 42.2 Å². The Hall–Kier alpha value is -2.17. The molecule has 5 nitrogen and oxygen atoms in total. The van der Waals surface area contributed by atoms with Crippen molar-refractivity contribution in [1.82, 2.24) is 15.2 Å². The molecule has 0 bridgehead atoms. The van der Waals surface area contributed by atoms with Gasteiger partial charge in [-0.3, -0.25) is 14.6 Å². The van der Waals surface area contributed by atoms with Crippen molar-refractivity contribution >= 4 is 11.8 Å². The van der Waals surface area contributed by atoms with E-state index in [0.717, 1.165) is 18.5 Å². The molecule has 5 heteroatoms. The first kappa shape index (κ1) is 22.6. The molecule has 3 saturated carbocycles. The summed E-state index contributed by atoms with van der Waals surface area (Å²) in [6, 6.07) is 6.11. The number of pyridine rings is 1. The number of carbonyl (C=O) groups excluding carboxylic acids is 2. The second-order valence-corrected chi connectivity index (χ2v) is 11.7. The van der Waals surface area contributed by atoms with E-state index in [1.54, 1.807) is 6.20 Å². The summed E-state index contributed by atoms with van der Waals surface area (Å²) in [4.78, 5) is 31.7. The van der Waals surface area contributed by atoms with Crippen LogP contribution in [0.1, 0.15) is 77.5 Å². The van der Waals surface area contributed by atoms with Gasteiger partial charge in [-0.1, -0.05) is 26.0 Å². The first-order chi connectivity index (χ1) is 15.7. The van der Waals surface area contributed by atoms with E-state index >= 15 is 0 Å². The van der Waals surface area contributed by atoms with E-state index in [9.17, 15) is 9.59 Å². The van der Waals surface area contributed by atoms with Crippen LogP contribution in [0.2, 0.25) is 0 Å². The van der Waals surface area contributed by atoms with Gasteiger partial charge in [-0.15, -0.1) is 0 Å². The molecule has 1 N–H and O–H groups in total. The summed E-state index contributed by atoms with van der Waals surface area (Å²) in [5.41, 5.74) is 1.24. The number of aromatic nitrogens is 1. The number of fused-ring (bicyclic) bond motifs is 5. The molecular formula is C28H39N3O2. The van der Waals surface area contributed by atoms with Gasteiger partial charge in [0.1, 0.15) is 0 Å². The number of carbonyl (C=O) groups is 2. The highest BCUT2D eigenvalue weighted by molar-refractivity contribution is 5.89. The lowest BCUT2D eigenvalue weighted by atomic mass is 9.47. The molecule has 0 radical (unpaired) electrons. The van der Waals surface area contributed by atoms with Crippen molar-refractivity contribution in [2.45, 2.75) is 77.8 Å². The van der Waals surface area contributed by atoms with Crippen LogP contribution in [0.4, 0.5) is 0 Å². The molecule has 3 fully saturated rings. The van der Waals surface area contributed by atoms with Gasteiger partial charge in [0.15, 0.2) is 0 Å². The SMILES string of the molecule is CC(NC(=O)C[C@H]1CC[C@H]2[C@@H]3CC[C@H]4N(C)C(=O)C=C[C@]4(C)[C@H]3CC[C@]12C)c1ccccn1. The lowest BCUT2D eigenvalue weighted by Gasteiger charge is -2.60. The molecule has 0 aromatic carbocycles. The van der Waals surface area contributed by atoms with E-state index in [1.807, 2.05) is 43.1 Å². The molecule has 4 aliphatic rings. The molecule has 178 valence electrons. The van der Waals surface area contributed by atoms with E-state index in [4.69, 9.17) is 0 Å². The molecule has 1 aromatic rings. The molecule has 8 atom stereocenters. The normalized spacial score (nSPS) is 40.5. The Labute approximate surface area is 198 Å². The highest BCUT2D eigenvalue weighted by Gasteiger charge is 2.60. The Bertz CT molecular complexity index is 946. The lowest BCUT2D eigenvalue weighted by Crippen LogP contribution is -2.59. The fourth-order valence-electron chi connectivity index (χ4n) is 8.41. The number of nitrogens with one attached hydrogen (secondary N) is 1. The van der Waals surface area contributed by atoms with Crippen molar-refractivity contribution < 1.29 is 9.59 Å². The lowest BCUT2D eigenvalue weighted by molar-refractivity contribution is -0.139. The fourth-order valence-corrected chi connectivity index (χ4v) is 8.41. The average Bonchev–Trinajstić information content (AvgIpc) is 3.13. The van der Waals surface area contributed by atoms with E-state index in [0.29, 0.717) is 36.1 Å². The van der Waals surface area contributed by atoms with Crippen LogP contribution in [0.25, 0.3) is 0 Å². The van der Waals surface area contributed by atoms with Crippen molar-refractivity contribution in [1.29, 1.82) is 0 Å². The van der Waals surface area contributed by atoms with Crippen molar-refractivity contribution in [2.24, 2.45) is 34.5 Å². The first-order valence-corrected chi connectivity index (χ1v) is 12.9. The standard InChI is InChI=1S/C28H39N3O2/c1-18(23-7-5-6-16-29-23)30-25(32)17-19-8-10-21-20-9-11-24-28(3,15-13-26(33)31(24)4)22(20)12-14-27(19,21)2/h5-7,13,15-16,18-22,24H,8-12,14,17H2,1-4H3,(H,30,32)/t18?,19-,20+,21+,22+,24-,27-,28-/m1/s1. The van der Waals surface area contributed by atoms with E-state index < -0.39 is 0 Å². The van der Waals surface area contributed by atoms with Crippen LogP contribution in [0, 0.1) is 34.5 Å². The summed E-state index contributed by atoms with van der Waals surface area (Å²) in [5.74, 6) is 2.80. The molecule has 2 amide bonds. The Morgan fingerprint density at radius 3 is 2.76 bits per heavy atom. The van der Waals surface area contributed by atoms with Crippen LogP contribution in [0.3, 0.4) is 0 Å². The second kappa shape index (κ2) is 8.25. The number of hydrogen-bond donors (Lipinski definition) is 1. The van der Waals surface area contributed by atoms with Gasteiger partial charge in [0.2, 0.25) is 11.8 Å². The van der Waals surface area contributed by atoms with Crippen LogP contribution in [0.15, 0.2) is 36.5 Å². The smallest absolute Gasteiger partial charge is 0.246 e. The highest BCUT2D eigenvalue weighted by Crippen LogP contribution is 2.65. The number of rotatable bonds is 4. The zero-order chi connectivity index (χ0) is 23.4. The minimum atomic E-state index is -0.0625. The summed E-state index contributed by atoms with van der Waals surface area (Å²) < 4.78 is 0. The third kappa shape index (κ3) is 3.63. The van der Waals surface area contributed by atoms with Crippen LogP contribution in [-0.2, 0) is 9.59 Å². The molecule has 2 heterocycles. The van der Waals surface area contributed by atoms with Crippen molar-refractivity contribution in [3.8, 4) is 0 Å². The molecule has 3 aliphatic carbocycles. The summed E-state index contributed by atoms with van der Waals surface area (Å²) in [6.07, 6.45) is 13.6. The van der Waals surface area contributed by atoms with Crippen LogP contribution in [0.5, 0.6) is 0 Å². The number of hydrogen-bond acceptors (Lipinski definition) is 3. The molecule has 1 aromatic heterocycles. The highest BCUT2D eigenvalue weighted by atomic mass is 16.2. The maximum absolute atomic E-state index is 13.0. The molecule has 0 saturated heterocycles. The van der Waals surface area contributed by atoms with Gasteiger partial charge in [0, 0.05) is 31.1 Å². The van der Waals surface area contributed by atoms with Gasteiger partial charge in [-0.2, -0.15) is 0 Å². The minimum absolute atomic E-state index is 0.0625. The Morgan fingerprint density at radius 1 is 1.18 bits per heavy atom. The van der Waals surface area contributed by atoms with Crippen molar-refractivity contribution in [3.63, 3.8) is 0 Å². The predicted octanol–water partition coefficient (Wildman–Crippen LogP) is 4.90. The Kier molecular flexibility index (Phi) is 5.65. The van der Waals surface area contributed by atoms with Gasteiger partial charge in [0.05, 0.1) is 11.7 Å². The van der Waals surface area contributed by atoms with E-state index in [-0.39, 0.29) is 28.7 Å². The van der Waals surface area contributed by atoms with E-state index in [1.165, 1.54) is 25.7 Å². The summed E-state index contributed by atoms with van der Waals surface area (Å²) in [7, 11) is 1.98. The summed E-state index contributed by atoms with van der Waals surface area (Å²) >= 11 is 0. The van der Waals surface area contributed by atoms with Gasteiger partial charge in [0.25, 0.3) is 0 Å². The van der Waals surface area contributed by atoms with E-state index in [2.05, 4.69) is 30.2 Å². The largest absolute Gasteiger partial charge is 0.348 e. The molecular weight excluding hydrogens is 410 g/mol. The average molecular weight is 450 g/mol. The zero-order valence-corrected chi connectivity index (χ0v) is 20.6. The van der Waals surface area contributed by atoms with Crippen LogP contribution >= 0.6 is 0 Å². The Morgan fingerprint density at radius 2 is 2.00 bits per heavy atom. The number of amides is 2. The first-order valence-electron chi connectivity index (χ1n) is 12.9. The molecule has 1 aliphatic heterocycles. The third-order valence-corrected chi connectivity index (χ3v) is 10.3. The number of likely N-dealkylation sites (N-methyl/N-ethyl adjacent to an activating group) is 1. The zero-order valence-electron chi connectivity index (χ0n) is 20.6. The van der Waals surface area contributed by atoms with Gasteiger partial charge in [-0.05, 0) is 92.7 Å². The molecule has 1 unspecified atom stereocenters.